The van der Waals surface area contributed by atoms with Crippen molar-refractivity contribution >= 4 is 50.2 Å². The monoisotopic (exact) mass is 536 g/mol. The number of nitro groups is 2. The summed E-state index contributed by atoms with van der Waals surface area (Å²) >= 11 is 0.595. The highest BCUT2D eigenvalue weighted by Gasteiger charge is 2.34. The number of thiophene rings is 1. The van der Waals surface area contributed by atoms with E-state index in [1.807, 2.05) is 26.0 Å². The molecule has 0 fully saturated rings. The number of aryl methyl sites for hydroxylation is 1. The van der Waals surface area contributed by atoms with Crippen molar-refractivity contribution in [2.24, 2.45) is 10.2 Å². The third-order valence-electron chi connectivity index (χ3n) is 6.17. The van der Waals surface area contributed by atoms with Crippen LogP contribution < -0.4 is 4.90 Å². The number of azo groups is 1. The topological polar surface area (TPSA) is 152 Å². The zero-order valence-electron chi connectivity index (χ0n) is 20.7. The van der Waals surface area contributed by atoms with Crippen molar-refractivity contribution in [1.82, 2.24) is 4.90 Å². The number of amides is 2. The van der Waals surface area contributed by atoms with Gasteiger partial charge in [-0.3, -0.25) is 34.7 Å². The van der Waals surface area contributed by atoms with E-state index >= 15 is 0 Å². The number of unbranched alkanes of at least 4 members (excludes halogenated alkanes) is 1. The van der Waals surface area contributed by atoms with Gasteiger partial charge in [0.05, 0.1) is 26.7 Å². The third-order valence-corrected chi connectivity index (χ3v) is 7.13. The fourth-order valence-corrected chi connectivity index (χ4v) is 4.95. The summed E-state index contributed by atoms with van der Waals surface area (Å²) in [6.07, 6.45) is 1.43. The van der Waals surface area contributed by atoms with Crippen molar-refractivity contribution in [1.29, 1.82) is 0 Å². The summed E-state index contributed by atoms with van der Waals surface area (Å²) in [7, 11) is 0. The molecule has 0 N–H and O–H groups in total. The fourth-order valence-electron chi connectivity index (χ4n) is 4.18. The molecule has 1 aromatic heterocycles. The van der Waals surface area contributed by atoms with Gasteiger partial charge in [-0.25, -0.2) is 0 Å². The number of benzene rings is 2. The van der Waals surface area contributed by atoms with Crippen molar-refractivity contribution in [3.8, 4) is 0 Å². The number of imide groups is 1. The van der Waals surface area contributed by atoms with Crippen LogP contribution >= 0.6 is 11.3 Å². The molecule has 38 heavy (non-hydrogen) atoms. The molecule has 0 bridgehead atoms. The number of hydrogen-bond donors (Lipinski definition) is 0. The van der Waals surface area contributed by atoms with Gasteiger partial charge in [0.2, 0.25) is 5.00 Å². The van der Waals surface area contributed by atoms with Crippen LogP contribution in [-0.4, -0.2) is 46.2 Å². The molecule has 0 spiro atoms. The quantitative estimate of drug-likeness (QED) is 0.0931. The Morgan fingerprint density at radius 1 is 0.947 bits per heavy atom. The van der Waals surface area contributed by atoms with Gasteiger partial charge in [0.25, 0.3) is 11.8 Å². The van der Waals surface area contributed by atoms with Gasteiger partial charge >= 0.3 is 10.7 Å². The van der Waals surface area contributed by atoms with Gasteiger partial charge in [-0.15, -0.1) is 10.2 Å². The summed E-state index contributed by atoms with van der Waals surface area (Å²) in [4.78, 5) is 49.3. The molecule has 0 aliphatic carbocycles. The first-order valence-electron chi connectivity index (χ1n) is 11.9. The Hall–Kier alpha value is -4.52. The van der Waals surface area contributed by atoms with E-state index in [4.69, 9.17) is 0 Å². The molecule has 196 valence electrons. The average Bonchev–Trinajstić information content (AvgIpc) is 3.44. The number of carbonyl (C=O) groups is 2. The molecule has 0 unspecified atom stereocenters. The molecule has 13 heteroatoms. The number of hydrogen-bond acceptors (Lipinski definition) is 10. The molecule has 0 atom stereocenters. The maximum atomic E-state index is 12.5. The Balaban J connectivity index is 1.37. The van der Waals surface area contributed by atoms with Crippen LogP contribution in [0.15, 0.2) is 58.8 Å². The first-order valence-corrected chi connectivity index (χ1v) is 12.7. The molecule has 4 rings (SSSR count). The Kier molecular flexibility index (Phi) is 7.86. The lowest BCUT2D eigenvalue weighted by Crippen LogP contribution is -2.31. The van der Waals surface area contributed by atoms with Crippen LogP contribution in [0.4, 0.5) is 27.1 Å². The predicted molar refractivity (Wildman–Crippen MR) is 142 cm³/mol. The van der Waals surface area contributed by atoms with Crippen molar-refractivity contribution in [3.63, 3.8) is 0 Å². The van der Waals surface area contributed by atoms with E-state index in [0.717, 1.165) is 30.3 Å². The van der Waals surface area contributed by atoms with E-state index < -0.39 is 15.5 Å². The number of fused-ring (bicyclic) bond motifs is 1. The van der Waals surface area contributed by atoms with Gasteiger partial charge in [-0.2, -0.15) is 0 Å². The maximum absolute atomic E-state index is 12.5. The lowest BCUT2D eigenvalue weighted by molar-refractivity contribution is -0.389. The lowest BCUT2D eigenvalue weighted by atomic mass is 10.1. The van der Waals surface area contributed by atoms with Crippen LogP contribution in [0.5, 0.6) is 0 Å². The van der Waals surface area contributed by atoms with E-state index in [2.05, 4.69) is 15.1 Å². The van der Waals surface area contributed by atoms with E-state index in [1.165, 1.54) is 4.90 Å². The molecule has 0 radical (unpaired) electrons. The minimum atomic E-state index is -0.721. The van der Waals surface area contributed by atoms with E-state index in [9.17, 15) is 29.8 Å². The molecule has 0 saturated carbocycles. The lowest BCUT2D eigenvalue weighted by Gasteiger charge is -2.24. The first kappa shape index (κ1) is 26.5. The summed E-state index contributed by atoms with van der Waals surface area (Å²) in [6, 6.07) is 13.2. The minimum Gasteiger partial charge on any atom is -0.372 e. The molecule has 2 heterocycles. The van der Waals surface area contributed by atoms with Crippen LogP contribution in [-0.2, 0) is 0 Å². The zero-order valence-corrected chi connectivity index (χ0v) is 21.5. The molecule has 2 aromatic carbocycles. The summed E-state index contributed by atoms with van der Waals surface area (Å²) in [5.74, 6) is -0.498. The molecule has 0 saturated heterocycles. The van der Waals surface area contributed by atoms with Gasteiger partial charge < -0.3 is 4.90 Å². The molecular weight excluding hydrogens is 512 g/mol. The smallest absolute Gasteiger partial charge is 0.333 e. The first-order chi connectivity index (χ1) is 18.2. The highest BCUT2D eigenvalue weighted by molar-refractivity contribution is 7.19. The highest BCUT2D eigenvalue weighted by atomic mass is 32.1. The largest absolute Gasteiger partial charge is 0.372 e. The van der Waals surface area contributed by atoms with Crippen LogP contribution in [0.1, 0.15) is 46.0 Å². The molecule has 3 aromatic rings. The summed E-state index contributed by atoms with van der Waals surface area (Å²) in [5.41, 5.74) is 2.66. The van der Waals surface area contributed by atoms with E-state index in [-0.39, 0.29) is 21.8 Å². The van der Waals surface area contributed by atoms with Gasteiger partial charge in [0.1, 0.15) is 6.07 Å². The van der Waals surface area contributed by atoms with Crippen molar-refractivity contribution in [3.05, 3.63) is 85.4 Å². The Morgan fingerprint density at radius 2 is 1.63 bits per heavy atom. The van der Waals surface area contributed by atoms with Gasteiger partial charge in [-0.05, 0) is 73.9 Å². The van der Waals surface area contributed by atoms with Crippen LogP contribution in [0.2, 0.25) is 0 Å². The third kappa shape index (κ3) is 5.42. The highest BCUT2D eigenvalue weighted by Crippen LogP contribution is 2.42. The zero-order chi connectivity index (χ0) is 27.4. The number of nitrogens with zero attached hydrogens (tertiary/aromatic N) is 6. The molecule has 1 aliphatic heterocycles. The predicted octanol–water partition coefficient (Wildman–Crippen LogP) is 6.19. The van der Waals surface area contributed by atoms with Gasteiger partial charge in [0.15, 0.2) is 0 Å². The van der Waals surface area contributed by atoms with Crippen LogP contribution in [0.3, 0.4) is 0 Å². The minimum absolute atomic E-state index is 0.140. The summed E-state index contributed by atoms with van der Waals surface area (Å²) in [6.45, 7) is 5.66. The second kappa shape index (κ2) is 11.3. The van der Waals surface area contributed by atoms with Crippen molar-refractivity contribution in [2.45, 2.75) is 26.7 Å². The fraction of sp³-hybridized carbons (Fsp3) is 0.280. The molecule has 2 amide bonds. The van der Waals surface area contributed by atoms with Crippen molar-refractivity contribution < 1.29 is 19.4 Å². The van der Waals surface area contributed by atoms with Gasteiger partial charge in [0, 0.05) is 25.3 Å². The van der Waals surface area contributed by atoms with Gasteiger partial charge in [-0.1, -0.05) is 12.1 Å². The molecular formula is C25H24N6O6S. The number of carbonyl (C=O) groups excluding carboxylic acids is 2. The van der Waals surface area contributed by atoms with Crippen molar-refractivity contribution in [2.75, 3.05) is 24.5 Å². The van der Waals surface area contributed by atoms with E-state index in [0.29, 0.717) is 47.7 Å². The van der Waals surface area contributed by atoms with E-state index in [1.54, 1.807) is 30.3 Å². The standard InChI is InChI=1S/C25H24N6O6S/c1-3-28(12-6-7-13-29-24(32)18-8-4-5-9-19(18)25(29)33)17-10-11-20(16(2)14-17)26-27-23-21(30(34)35)15-22(38-23)31(36)37/h4-5,8-11,14-15H,3,6-7,12-13H2,1-2H3/b27-26+. The SMILES string of the molecule is CCN(CCCCN1C(=O)c2ccccc2C1=O)c1ccc(/N=N/c2sc([N+](=O)[O-])cc2[N+](=O)[O-])c(C)c1. The molecule has 1 aliphatic rings. The second-order valence-corrected chi connectivity index (χ2v) is 9.56. The summed E-state index contributed by atoms with van der Waals surface area (Å²) in [5, 5.41) is 29.6. The van der Waals surface area contributed by atoms with Crippen LogP contribution in [0.25, 0.3) is 0 Å². The second-order valence-electron chi connectivity index (χ2n) is 8.55. The number of anilines is 1. The maximum Gasteiger partial charge on any atom is 0.333 e. The Morgan fingerprint density at radius 3 is 2.21 bits per heavy atom. The number of rotatable bonds is 11. The Labute approximate surface area is 221 Å². The Bertz CT molecular complexity index is 1420. The normalized spacial score (nSPS) is 12.8. The average molecular weight is 537 g/mol. The molecule has 12 nitrogen and oxygen atoms in total. The van der Waals surface area contributed by atoms with Crippen LogP contribution in [0, 0.1) is 27.2 Å². The summed E-state index contributed by atoms with van der Waals surface area (Å²) < 4.78 is 0.